The third-order valence-electron chi connectivity index (χ3n) is 3.75. The van der Waals surface area contributed by atoms with Crippen LogP contribution in [-0.4, -0.2) is 10.9 Å². The third-order valence-corrected chi connectivity index (χ3v) is 4.03. The van der Waals surface area contributed by atoms with Gasteiger partial charge in [0.15, 0.2) is 5.15 Å². The minimum Gasteiger partial charge on any atom is -0.323 e. The van der Waals surface area contributed by atoms with Gasteiger partial charge in [0, 0.05) is 12.1 Å². The number of carbonyl (C=O) groups excluding carboxylic acids is 1. The highest BCUT2D eigenvalue weighted by Gasteiger charge is 2.25. The molecule has 0 bridgehead atoms. The Morgan fingerprint density at radius 1 is 1.39 bits per heavy atom. The fourth-order valence-electron chi connectivity index (χ4n) is 2.42. The van der Waals surface area contributed by atoms with E-state index in [1.54, 1.807) is 6.20 Å². The van der Waals surface area contributed by atoms with Gasteiger partial charge in [0.1, 0.15) is 0 Å². The van der Waals surface area contributed by atoms with Gasteiger partial charge in [-0.15, -0.1) is 0 Å². The molecule has 0 atom stereocenters. The first-order valence-corrected chi connectivity index (χ1v) is 6.87. The lowest BCUT2D eigenvalue weighted by Gasteiger charge is -2.25. The van der Waals surface area contributed by atoms with Crippen LogP contribution in [0.1, 0.15) is 38.2 Å². The average Bonchev–Trinajstić information content (AvgIpc) is 2.34. The largest absolute Gasteiger partial charge is 0.323 e. The molecule has 1 aromatic rings. The molecule has 1 fully saturated rings. The van der Waals surface area contributed by atoms with Gasteiger partial charge in [-0.2, -0.15) is 0 Å². The molecule has 3 nitrogen and oxygen atoms in total. The van der Waals surface area contributed by atoms with Crippen LogP contribution in [-0.2, 0) is 4.79 Å². The summed E-state index contributed by atoms with van der Waals surface area (Å²) < 4.78 is 0. The normalized spacial score (nSPS) is 23.7. The number of pyridine rings is 1. The van der Waals surface area contributed by atoms with Crippen LogP contribution in [0.25, 0.3) is 0 Å². The Labute approximate surface area is 113 Å². The van der Waals surface area contributed by atoms with Gasteiger partial charge in [0.05, 0.1) is 5.69 Å². The zero-order valence-electron chi connectivity index (χ0n) is 10.9. The molecule has 0 unspecified atom stereocenters. The van der Waals surface area contributed by atoms with Crippen molar-refractivity contribution in [2.24, 2.45) is 11.8 Å². The van der Waals surface area contributed by atoms with Crippen molar-refractivity contribution in [1.82, 2.24) is 4.98 Å². The second-order valence-electron chi connectivity index (χ2n) is 5.24. The van der Waals surface area contributed by atoms with Crippen LogP contribution < -0.4 is 5.32 Å². The van der Waals surface area contributed by atoms with Gasteiger partial charge in [0.2, 0.25) is 5.91 Å². The molecule has 1 aliphatic rings. The Kier molecular flexibility index (Phi) is 4.23. The number of hydrogen-bond donors (Lipinski definition) is 1. The highest BCUT2D eigenvalue weighted by molar-refractivity contribution is 6.32. The summed E-state index contributed by atoms with van der Waals surface area (Å²) >= 11 is 6.01. The maximum absolute atomic E-state index is 12.2. The maximum atomic E-state index is 12.2. The standard InChI is InChI=1S/C14H19ClN2O/c1-9-3-5-11(6-4-9)14(18)17-12-10(2)7-8-16-13(12)15/h7-9,11H,3-6H2,1-2H3,(H,17,18). The second-order valence-corrected chi connectivity index (χ2v) is 5.60. The molecular weight excluding hydrogens is 248 g/mol. The maximum Gasteiger partial charge on any atom is 0.227 e. The van der Waals surface area contributed by atoms with Crippen molar-refractivity contribution in [3.05, 3.63) is 23.0 Å². The van der Waals surface area contributed by atoms with Crippen molar-refractivity contribution < 1.29 is 4.79 Å². The number of nitrogens with one attached hydrogen (secondary N) is 1. The number of rotatable bonds is 2. The molecule has 4 heteroatoms. The average molecular weight is 267 g/mol. The topological polar surface area (TPSA) is 42.0 Å². The minimum absolute atomic E-state index is 0.0832. The van der Waals surface area contributed by atoms with E-state index in [1.807, 2.05) is 13.0 Å². The van der Waals surface area contributed by atoms with Gasteiger partial charge in [-0.3, -0.25) is 4.79 Å². The number of hydrogen-bond acceptors (Lipinski definition) is 2. The van der Waals surface area contributed by atoms with Gasteiger partial charge >= 0.3 is 0 Å². The molecule has 0 aliphatic heterocycles. The number of aromatic nitrogens is 1. The molecule has 98 valence electrons. The number of carbonyl (C=O) groups is 1. The van der Waals surface area contributed by atoms with Crippen molar-refractivity contribution in [3.8, 4) is 0 Å². The van der Waals surface area contributed by atoms with Crippen LogP contribution in [0.2, 0.25) is 5.15 Å². The molecule has 1 heterocycles. The van der Waals surface area contributed by atoms with Gasteiger partial charge in [-0.05, 0) is 50.2 Å². The van der Waals surface area contributed by atoms with Crippen molar-refractivity contribution in [3.63, 3.8) is 0 Å². The van der Waals surface area contributed by atoms with E-state index in [0.29, 0.717) is 10.8 Å². The van der Waals surface area contributed by atoms with E-state index in [9.17, 15) is 4.79 Å². The zero-order valence-corrected chi connectivity index (χ0v) is 11.6. The fraction of sp³-hybridized carbons (Fsp3) is 0.571. The van der Waals surface area contributed by atoms with Crippen molar-refractivity contribution in [1.29, 1.82) is 0 Å². The Morgan fingerprint density at radius 2 is 2.06 bits per heavy atom. The molecule has 2 rings (SSSR count). The van der Waals surface area contributed by atoms with Crippen LogP contribution in [0.3, 0.4) is 0 Å². The summed E-state index contributed by atoms with van der Waals surface area (Å²) in [6.45, 7) is 4.17. The Balaban J connectivity index is 2.03. The van der Waals surface area contributed by atoms with E-state index in [1.165, 1.54) is 0 Å². The summed E-state index contributed by atoms with van der Waals surface area (Å²) in [7, 11) is 0. The predicted octanol–water partition coefficient (Wildman–Crippen LogP) is 3.81. The summed E-state index contributed by atoms with van der Waals surface area (Å²) in [6.07, 6.45) is 5.87. The second kappa shape index (κ2) is 5.70. The molecular formula is C14H19ClN2O. The molecule has 1 amide bonds. The third kappa shape index (κ3) is 3.02. The molecule has 0 saturated heterocycles. The lowest BCUT2D eigenvalue weighted by Crippen LogP contribution is -2.27. The lowest BCUT2D eigenvalue weighted by molar-refractivity contribution is -0.121. The van der Waals surface area contributed by atoms with Crippen LogP contribution >= 0.6 is 11.6 Å². The van der Waals surface area contributed by atoms with E-state index in [0.717, 1.165) is 37.2 Å². The van der Waals surface area contributed by atoms with Gasteiger partial charge in [-0.25, -0.2) is 4.98 Å². The smallest absolute Gasteiger partial charge is 0.227 e. The molecule has 1 N–H and O–H groups in total. The SMILES string of the molecule is Cc1ccnc(Cl)c1NC(=O)C1CCC(C)CC1. The van der Waals surface area contributed by atoms with E-state index in [2.05, 4.69) is 17.2 Å². The molecule has 18 heavy (non-hydrogen) atoms. The van der Waals surface area contributed by atoms with E-state index >= 15 is 0 Å². The van der Waals surface area contributed by atoms with Gasteiger partial charge in [0.25, 0.3) is 0 Å². The Morgan fingerprint density at radius 3 is 2.67 bits per heavy atom. The highest BCUT2D eigenvalue weighted by Crippen LogP contribution is 2.30. The summed E-state index contributed by atoms with van der Waals surface area (Å²) in [5.74, 6) is 0.953. The molecule has 0 aromatic carbocycles. The lowest BCUT2D eigenvalue weighted by atomic mass is 9.82. The van der Waals surface area contributed by atoms with Crippen molar-refractivity contribution in [2.75, 3.05) is 5.32 Å². The van der Waals surface area contributed by atoms with Gasteiger partial charge in [-0.1, -0.05) is 18.5 Å². The number of nitrogens with zero attached hydrogens (tertiary/aromatic N) is 1. The Bertz CT molecular complexity index is 419. The van der Waals surface area contributed by atoms with Crippen LogP contribution in [0, 0.1) is 18.8 Å². The first-order valence-electron chi connectivity index (χ1n) is 6.50. The van der Waals surface area contributed by atoms with E-state index in [-0.39, 0.29) is 11.8 Å². The van der Waals surface area contributed by atoms with E-state index < -0.39 is 0 Å². The molecule has 0 spiro atoms. The van der Waals surface area contributed by atoms with Crippen LogP contribution in [0.4, 0.5) is 5.69 Å². The van der Waals surface area contributed by atoms with Gasteiger partial charge < -0.3 is 5.32 Å². The monoisotopic (exact) mass is 266 g/mol. The Hall–Kier alpha value is -1.09. The summed E-state index contributed by atoms with van der Waals surface area (Å²) in [5.41, 5.74) is 1.61. The number of halogens is 1. The van der Waals surface area contributed by atoms with Crippen LogP contribution in [0.15, 0.2) is 12.3 Å². The summed E-state index contributed by atoms with van der Waals surface area (Å²) in [5, 5.41) is 3.30. The number of aryl methyl sites for hydroxylation is 1. The molecule has 1 aliphatic carbocycles. The molecule has 0 radical (unpaired) electrons. The predicted molar refractivity (Wildman–Crippen MR) is 73.7 cm³/mol. The molecule has 1 saturated carbocycles. The first kappa shape index (κ1) is 13.3. The first-order chi connectivity index (χ1) is 8.58. The van der Waals surface area contributed by atoms with Crippen molar-refractivity contribution in [2.45, 2.75) is 39.5 Å². The highest BCUT2D eigenvalue weighted by atomic mass is 35.5. The van der Waals surface area contributed by atoms with Crippen LogP contribution in [0.5, 0.6) is 0 Å². The minimum atomic E-state index is 0.0832. The zero-order chi connectivity index (χ0) is 13.1. The summed E-state index contributed by atoms with van der Waals surface area (Å²) in [6, 6.07) is 1.85. The summed E-state index contributed by atoms with van der Waals surface area (Å²) in [4.78, 5) is 16.2. The quantitative estimate of drug-likeness (QED) is 0.827. The number of anilines is 1. The van der Waals surface area contributed by atoms with E-state index in [4.69, 9.17) is 11.6 Å². The van der Waals surface area contributed by atoms with Crippen molar-refractivity contribution >= 4 is 23.2 Å². The fourth-order valence-corrected chi connectivity index (χ4v) is 2.68. The number of amides is 1. The molecule has 1 aromatic heterocycles.